The summed E-state index contributed by atoms with van der Waals surface area (Å²) < 4.78 is 15.8. The first-order valence-corrected chi connectivity index (χ1v) is 5.84. The molecule has 86 valence electrons. The monoisotopic (exact) mass is 248 g/mol. The van der Waals surface area contributed by atoms with Crippen molar-refractivity contribution in [2.24, 2.45) is 0 Å². The van der Waals surface area contributed by atoms with Crippen LogP contribution in [0.5, 0.6) is 0 Å². The van der Waals surface area contributed by atoms with E-state index in [0.29, 0.717) is 16.5 Å². The minimum absolute atomic E-state index is 0.326. The topological polar surface area (TPSA) is 56.7 Å². The van der Waals surface area contributed by atoms with E-state index in [9.17, 15) is 4.39 Å². The molecule has 4 nitrogen and oxygen atoms in total. The first-order chi connectivity index (χ1) is 8.15. The number of hydrogen-bond donors (Lipinski definition) is 1. The summed E-state index contributed by atoms with van der Waals surface area (Å²) in [5, 5.41) is 4.80. The first-order valence-electron chi connectivity index (χ1n) is 5.03. The molecule has 0 saturated heterocycles. The van der Waals surface area contributed by atoms with Crippen LogP contribution in [0.2, 0.25) is 0 Å². The number of nitrogens with two attached hydrogens (primary N) is 1. The van der Waals surface area contributed by atoms with Gasteiger partial charge in [-0.3, -0.25) is 0 Å². The van der Waals surface area contributed by atoms with Gasteiger partial charge in [-0.2, -0.15) is 9.78 Å². The van der Waals surface area contributed by atoms with Crippen molar-refractivity contribution in [2.45, 2.75) is 6.92 Å². The van der Waals surface area contributed by atoms with Gasteiger partial charge in [0.15, 0.2) is 0 Å². The molecule has 0 bridgehead atoms. The number of thiazole rings is 1. The van der Waals surface area contributed by atoms with Gasteiger partial charge in [0.1, 0.15) is 17.2 Å². The average molecular weight is 248 g/mol. The Morgan fingerprint density at radius 3 is 2.88 bits per heavy atom. The third-order valence-corrected chi connectivity index (χ3v) is 3.39. The first kappa shape index (κ1) is 10.2. The Kier molecular flexibility index (Phi) is 2.12. The smallest absolute Gasteiger partial charge is 0.213 e. The van der Waals surface area contributed by atoms with E-state index >= 15 is 0 Å². The van der Waals surface area contributed by atoms with Crippen molar-refractivity contribution in [3.63, 3.8) is 0 Å². The lowest BCUT2D eigenvalue weighted by Gasteiger charge is -1.96. The van der Waals surface area contributed by atoms with Gasteiger partial charge in [-0.1, -0.05) is 17.4 Å². The van der Waals surface area contributed by atoms with Gasteiger partial charge in [-0.15, -0.1) is 0 Å². The van der Waals surface area contributed by atoms with Crippen LogP contribution in [0, 0.1) is 12.7 Å². The number of hydrogen-bond acceptors (Lipinski definition) is 4. The number of rotatable bonds is 1. The fourth-order valence-electron chi connectivity index (χ4n) is 1.67. The fraction of sp³-hybridized carbons (Fsp3) is 0.0909. The molecule has 0 saturated carbocycles. The third kappa shape index (κ3) is 1.57. The van der Waals surface area contributed by atoms with E-state index in [2.05, 4.69) is 10.1 Å². The molecule has 2 heterocycles. The summed E-state index contributed by atoms with van der Waals surface area (Å²) in [6.07, 6.45) is 0. The molecule has 2 aromatic heterocycles. The van der Waals surface area contributed by atoms with Crippen LogP contribution in [-0.4, -0.2) is 14.8 Å². The zero-order valence-corrected chi connectivity index (χ0v) is 9.83. The van der Waals surface area contributed by atoms with Crippen molar-refractivity contribution < 1.29 is 4.39 Å². The Morgan fingerprint density at radius 1 is 1.41 bits per heavy atom. The molecule has 3 aromatic rings. The summed E-state index contributed by atoms with van der Waals surface area (Å²) in [5.41, 5.74) is 6.98. The lowest BCUT2D eigenvalue weighted by molar-refractivity contribution is 0.637. The quantitative estimate of drug-likeness (QED) is 0.720. The Bertz CT molecular complexity index is 701. The number of nitrogen functional groups attached to an aromatic ring is 1. The summed E-state index contributed by atoms with van der Waals surface area (Å²) in [7, 11) is 0. The second kappa shape index (κ2) is 3.53. The Morgan fingerprint density at radius 2 is 2.24 bits per heavy atom. The van der Waals surface area contributed by atoms with Gasteiger partial charge in [0, 0.05) is 6.07 Å². The molecule has 1 aromatic carbocycles. The van der Waals surface area contributed by atoms with Gasteiger partial charge in [0.2, 0.25) is 5.13 Å². The Hall–Kier alpha value is -1.95. The molecule has 0 fully saturated rings. The largest absolute Gasteiger partial charge is 0.383 e. The minimum atomic E-state index is -0.326. The summed E-state index contributed by atoms with van der Waals surface area (Å²) in [4.78, 5) is 4.22. The lowest BCUT2D eigenvalue weighted by Crippen LogP contribution is -2.00. The van der Waals surface area contributed by atoms with Crippen molar-refractivity contribution >= 4 is 27.4 Å². The van der Waals surface area contributed by atoms with Crippen LogP contribution in [0.1, 0.15) is 5.69 Å². The van der Waals surface area contributed by atoms with Crippen molar-refractivity contribution in [1.29, 1.82) is 0 Å². The van der Waals surface area contributed by atoms with Crippen molar-refractivity contribution in [1.82, 2.24) is 14.8 Å². The van der Waals surface area contributed by atoms with Gasteiger partial charge in [-0.25, -0.2) is 9.37 Å². The number of aromatic nitrogens is 3. The van der Waals surface area contributed by atoms with Gasteiger partial charge in [0.05, 0.1) is 10.4 Å². The van der Waals surface area contributed by atoms with Gasteiger partial charge in [-0.05, 0) is 19.1 Å². The Balaban J connectivity index is 2.25. The molecule has 0 atom stereocenters. The Labute approximate surface area is 101 Å². The van der Waals surface area contributed by atoms with E-state index in [1.165, 1.54) is 22.1 Å². The maximum absolute atomic E-state index is 13.5. The van der Waals surface area contributed by atoms with Gasteiger partial charge < -0.3 is 5.73 Å². The zero-order valence-electron chi connectivity index (χ0n) is 9.01. The van der Waals surface area contributed by atoms with E-state index < -0.39 is 0 Å². The summed E-state index contributed by atoms with van der Waals surface area (Å²) in [5.74, 6) is 0.175. The number of nitrogens with zero attached hydrogens (tertiary/aromatic N) is 3. The van der Waals surface area contributed by atoms with Crippen molar-refractivity contribution in [2.75, 3.05) is 5.73 Å². The molecule has 0 unspecified atom stereocenters. The number of halogens is 1. The molecule has 0 radical (unpaired) electrons. The minimum Gasteiger partial charge on any atom is -0.383 e. The van der Waals surface area contributed by atoms with Crippen LogP contribution in [-0.2, 0) is 0 Å². The molecule has 2 N–H and O–H groups in total. The molecule has 0 spiro atoms. The van der Waals surface area contributed by atoms with E-state index in [1.54, 1.807) is 12.1 Å². The van der Waals surface area contributed by atoms with Crippen molar-refractivity contribution in [3.05, 3.63) is 35.8 Å². The van der Waals surface area contributed by atoms with Crippen LogP contribution in [0.15, 0.2) is 24.3 Å². The van der Waals surface area contributed by atoms with Crippen LogP contribution in [0.25, 0.3) is 15.3 Å². The SMILES string of the molecule is Cc1cc(N)n(-c2nc3c(F)cccc3s2)n1. The van der Waals surface area contributed by atoms with E-state index in [0.717, 1.165) is 10.4 Å². The maximum Gasteiger partial charge on any atom is 0.213 e. The number of aryl methyl sites for hydroxylation is 1. The maximum atomic E-state index is 13.5. The summed E-state index contributed by atoms with van der Waals surface area (Å²) in [6.45, 7) is 1.85. The molecule has 17 heavy (non-hydrogen) atoms. The molecule has 3 rings (SSSR count). The lowest BCUT2D eigenvalue weighted by atomic mass is 10.3. The highest BCUT2D eigenvalue weighted by Crippen LogP contribution is 2.27. The summed E-state index contributed by atoms with van der Waals surface area (Å²) >= 11 is 1.36. The third-order valence-electron chi connectivity index (χ3n) is 2.40. The van der Waals surface area contributed by atoms with Crippen molar-refractivity contribution in [3.8, 4) is 5.13 Å². The highest BCUT2D eigenvalue weighted by atomic mass is 32.1. The number of benzene rings is 1. The van der Waals surface area contributed by atoms with E-state index in [-0.39, 0.29) is 5.82 Å². The highest BCUT2D eigenvalue weighted by Gasteiger charge is 2.12. The number of fused-ring (bicyclic) bond motifs is 1. The van der Waals surface area contributed by atoms with Crippen LogP contribution >= 0.6 is 11.3 Å². The van der Waals surface area contributed by atoms with Gasteiger partial charge in [0.25, 0.3) is 0 Å². The van der Waals surface area contributed by atoms with Gasteiger partial charge >= 0.3 is 0 Å². The predicted molar refractivity (Wildman–Crippen MR) is 65.8 cm³/mol. The molecule has 0 aliphatic heterocycles. The average Bonchev–Trinajstić information content (AvgIpc) is 2.82. The molecular weight excluding hydrogens is 239 g/mol. The predicted octanol–water partition coefficient (Wildman–Crippen LogP) is 2.51. The molecule has 0 aliphatic carbocycles. The molecular formula is C11H9FN4S. The van der Waals surface area contributed by atoms with Crippen LogP contribution in [0.3, 0.4) is 0 Å². The molecule has 0 amide bonds. The number of para-hydroxylation sites is 1. The van der Waals surface area contributed by atoms with Crippen LogP contribution < -0.4 is 5.73 Å². The standard InChI is InChI=1S/C11H9FN4S/c1-6-5-9(13)16(15-6)11-14-10-7(12)3-2-4-8(10)17-11/h2-5H,13H2,1H3. The normalized spacial score (nSPS) is 11.2. The van der Waals surface area contributed by atoms with E-state index in [1.807, 2.05) is 13.0 Å². The summed E-state index contributed by atoms with van der Waals surface area (Å²) in [6, 6.07) is 6.63. The van der Waals surface area contributed by atoms with Crippen LogP contribution in [0.4, 0.5) is 10.2 Å². The zero-order chi connectivity index (χ0) is 12.0. The number of anilines is 1. The second-order valence-corrected chi connectivity index (χ2v) is 4.71. The second-order valence-electron chi connectivity index (χ2n) is 3.71. The molecule has 6 heteroatoms. The van der Waals surface area contributed by atoms with E-state index in [4.69, 9.17) is 5.73 Å². The fourth-order valence-corrected chi connectivity index (χ4v) is 2.62. The molecule has 0 aliphatic rings. The highest BCUT2D eigenvalue weighted by molar-refractivity contribution is 7.20.